The number of halogens is 1. The molecule has 0 N–H and O–H groups in total. The normalized spacial score (nSPS) is 18.2. The average molecular weight is 474 g/mol. The van der Waals surface area contributed by atoms with E-state index in [0.717, 1.165) is 0 Å². The molecule has 0 radical (unpaired) electrons. The second kappa shape index (κ2) is 10.7. The van der Waals surface area contributed by atoms with Crippen molar-refractivity contribution in [1.29, 1.82) is 0 Å². The lowest BCUT2D eigenvalue weighted by atomic mass is 9.96. The molecule has 8 heteroatoms. The maximum Gasteiger partial charge on any atom is 0.416 e. The number of cyclic esters (lactones) is 1. The van der Waals surface area contributed by atoms with E-state index < -0.39 is 6.09 Å². The minimum atomic E-state index is -0.463. The van der Waals surface area contributed by atoms with Crippen molar-refractivity contribution in [3.05, 3.63) is 47.7 Å². The molecule has 3 atom stereocenters. The summed E-state index contributed by atoms with van der Waals surface area (Å²) in [6.07, 6.45) is 1.31. The van der Waals surface area contributed by atoms with Crippen LogP contribution < -0.4 is 9.64 Å². The highest BCUT2D eigenvalue weighted by Gasteiger charge is 2.40. The third-order valence-corrected chi connectivity index (χ3v) is 5.50. The van der Waals surface area contributed by atoms with Crippen LogP contribution in [0.3, 0.4) is 0 Å². The number of carbonyl (C=O) groups excluding carboxylic acids is 1. The molecule has 0 aliphatic carbocycles. The van der Waals surface area contributed by atoms with E-state index in [2.05, 4.69) is 9.97 Å². The van der Waals surface area contributed by atoms with Crippen molar-refractivity contribution in [3.63, 3.8) is 0 Å². The fourth-order valence-electron chi connectivity index (χ4n) is 3.95. The van der Waals surface area contributed by atoms with Gasteiger partial charge in [0.2, 0.25) is 0 Å². The summed E-state index contributed by atoms with van der Waals surface area (Å²) in [5.74, 6) is 1.37. The molecular formula is C26H36FN3O4. The first kappa shape index (κ1) is 25.9. The predicted molar refractivity (Wildman–Crippen MR) is 129 cm³/mol. The molecule has 186 valence electrons. The van der Waals surface area contributed by atoms with Crippen molar-refractivity contribution in [2.45, 2.75) is 78.6 Å². The highest BCUT2D eigenvalue weighted by atomic mass is 19.1. The van der Waals surface area contributed by atoms with Gasteiger partial charge < -0.3 is 14.2 Å². The number of carbonyl (C=O) groups is 1. The van der Waals surface area contributed by atoms with Crippen LogP contribution in [0.2, 0.25) is 0 Å². The molecule has 7 nitrogen and oxygen atoms in total. The SMILES string of the molecule is CC(C)COc1ccc([C@H](C)Cc2nccc(N3C(=O)OC[C@@H]3[C@@H](C)OC(C)(C)C)n2)c(F)c1. The molecule has 1 saturated heterocycles. The highest BCUT2D eigenvalue weighted by molar-refractivity contribution is 5.89. The molecule has 1 aromatic carbocycles. The molecule has 0 bridgehead atoms. The first-order chi connectivity index (χ1) is 15.9. The van der Waals surface area contributed by atoms with E-state index in [-0.39, 0.29) is 36.1 Å². The Kier molecular flexibility index (Phi) is 8.13. The monoisotopic (exact) mass is 473 g/mol. The summed E-state index contributed by atoms with van der Waals surface area (Å²) < 4.78 is 31.8. The Morgan fingerprint density at radius 2 is 1.94 bits per heavy atom. The van der Waals surface area contributed by atoms with Gasteiger partial charge >= 0.3 is 6.09 Å². The summed E-state index contributed by atoms with van der Waals surface area (Å²) in [6.45, 7) is 14.6. The quantitative estimate of drug-likeness (QED) is 0.477. The van der Waals surface area contributed by atoms with Gasteiger partial charge in [0.25, 0.3) is 0 Å². The Morgan fingerprint density at radius 1 is 1.21 bits per heavy atom. The first-order valence-corrected chi connectivity index (χ1v) is 11.8. The summed E-state index contributed by atoms with van der Waals surface area (Å²) in [5.41, 5.74) is 0.208. The minimum absolute atomic E-state index is 0.168. The van der Waals surface area contributed by atoms with Crippen molar-refractivity contribution in [2.24, 2.45) is 5.92 Å². The lowest BCUT2D eigenvalue weighted by Gasteiger charge is -2.31. The second-order valence-corrected chi connectivity index (χ2v) is 10.3. The number of benzene rings is 1. The van der Waals surface area contributed by atoms with Crippen LogP contribution in [0.15, 0.2) is 30.5 Å². The number of hydrogen-bond acceptors (Lipinski definition) is 6. The lowest BCUT2D eigenvalue weighted by Crippen LogP contribution is -2.45. The highest BCUT2D eigenvalue weighted by Crippen LogP contribution is 2.28. The molecule has 1 aromatic heterocycles. The smallest absolute Gasteiger partial charge is 0.416 e. The zero-order chi connectivity index (χ0) is 25.0. The van der Waals surface area contributed by atoms with Gasteiger partial charge in [-0.2, -0.15) is 0 Å². The van der Waals surface area contributed by atoms with Crippen LogP contribution in [-0.2, 0) is 15.9 Å². The van der Waals surface area contributed by atoms with Crippen molar-refractivity contribution >= 4 is 11.9 Å². The Morgan fingerprint density at radius 3 is 2.59 bits per heavy atom. The topological polar surface area (TPSA) is 73.8 Å². The second-order valence-electron chi connectivity index (χ2n) is 10.3. The predicted octanol–water partition coefficient (Wildman–Crippen LogP) is 5.53. The van der Waals surface area contributed by atoms with E-state index in [1.165, 1.54) is 11.0 Å². The maximum absolute atomic E-state index is 14.8. The fourth-order valence-corrected chi connectivity index (χ4v) is 3.95. The summed E-state index contributed by atoms with van der Waals surface area (Å²) in [4.78, 5) is 23.0. The van der Waals surface area contributed by atoms with E-state index in [1.54, 1.807) is 24.4 Å². The van der Waals surface area contributed by atoms with Gasteiger partial charge in [0.15, 0.2) is 0 Å². The number of amides is 1. The fraction of sp³-hybridized carbons (Fsp3) is 0.577. The zero-order valence-electron chi connectivity index (χ0n) is 21.2. The molecule has 1 aliphatic heterocycles. The molecule has 34 heavy (non-hydrogen) atoms. The molecule has 1 fully saturated rings. The molecule has 1 aliphatic rings. The summed E-state index contributed by atoms with van der Waals surface area (Å²) in [5, 5.41) is 0. The van der Waals surface area contributed by atoms with Crippen molar-refractivity contribution in [3.8, 4) is 5.75 Å². The van der Waals surface area contributed by atoms with Gasteiger partial charge in [0.05, 0.1) is 18.3 Å². The van der Waals surface area contributed by atoms with E-state index >= 15 is 0 Å². The van der Waals surface area contributed by atoms with Gasteiger partial charge in [-0.3, -0.25) is 4.90 Å². The molecule has 2 aromatic rings. The summed E-state index contributed by atoms with van der Waals surface area (Å²) in [7, 11) is 0. The number of ether oxygens (including phenoxy) is 3. The van der Waals surface area contributed by atoms with Gasteiger partial charge in [-0.05, 0) is 57.2 Å². The first-order valence-electron chi connectivity index (χ1n) is 11.8. The van der Waals surface area contributed by atoms with Crippen molar-refractivity contribution < 1.29 is 23.4 Å². The number of hydrogen-bond donors (Lipinski definition) is 0. The number of anilines is 1. The maximum atomic E-state index is 14.8. The van der Waals surface area contributed by atoms with E-state index in [4.69, 9.17) is 14.2 Å². The number of rotatable bonds is 9. The van der Waals surface area contributed by atoms with Crippen LogP contribution in [0, 0.1) is 11.7 Å². The number of nitrogens with zero attached hydrogens (tertiary/aromatic N) is 3. The number of aromatic nitrogens is 2. The third-order valence-electron chi connectivity index (χ3n) is 5.50. The Labute approximate surface area is 201 Å². The van der Waals surface area contributed by atoms with Crippen LogP contribution in [0.5, 0.6) is 5.75 Å². The van der Waals surface area contributed by atoms with E-state index in [1.807, 2.05) is 48.5 Å². The van der Waals surface area contributed by atoms with Gasteiger partial charge in [0.1, 0.15) is 35.9 Å². The van der Waals surface area contributed by atoms with Crippen LogP contribution in [0.1, 0.15) is 65.8 Å². The van der Waals surface area contributed by atoms with Crippen LogP contribution in [0.4, 0.5) is 15.0 Å². The Bertz CT molecular complexity index is 992. The van der Waals surface area contributed by atoms with Gasteiger partial charge in [-0.15, -0.1) is 0 Å². The van der Waals surface area contributed by atoms with Crippen LogP contribution >= 0.6 is 0 Å². The van der Waals surface area contributed by atoms with Crippen molar-refractivity contribution in [1.82, 2.24) is 9.97 Å². The molecule has 0 unspecified atom stereocenters. The largest absolute Gasteiger partial charge is 0.493 e. The van der Waals surface area contributed by atoms with E-state index in [9.17, 15) is 9.18 Å². The molecule has 0 spiro atoms. The minimum Gasteiger partial charge on any atom is -0.493 e. The molecular weight excluding hydrogens is 437 g/mol. The molecule has 0 saturated carbocycles. The third kappa shape index (κ3) is 6.65. The Hall–Kier alpha value is -2.74. The van der Waals surface area contributed by atoms with Gasteiger partial charge in [-0.1, -0.05) is 26.8 Å². The van der Waals surface area contributed by atoms with Gasteiger partial charge in [0, 0.05) is 18.7 Å². The summed E-state index contributed by atoms with van der Waals surface area (Å²) in [6, 6.07) is 6.34. The van der Waals surface area contributed by atoms with Crippen LogP contribution in [-0.4, -0.2) is 47.0 Å². The standard InChI is InChI=1S/C26H36FN3O4/c1-16(2)14-32-19-8-9-20(21(27)13-19)17(3)12-23-28-11-10-24(29-23)30-22(15-33-25(30)31)18(4)34-26(5,6)7/h8-11,13,16-18,22H,12,14-15H2,1-7H3/t17-,18-,22-/m1/s1. The summed E-state index contributed by atoms with van der Waals surface area (Å²) >= 11 is 0. The van der Waals surface area contributed by atoms with Crippen molar-refractivity contribution in [2.75, 3.05) is 18.1 Å². The molecule has 1 amide bonds. The van der Waals surface area contributed by atoms with Gasteiger partial charge in [-0.25, -0.2) is 19.2 Å². The molecule has 2 heterocycles. The average Bonchev–Trinajstić information content (AvgIpc) is 3.13. The Balaban J connectivity index is 1.74. The van der Waals surface area contributed by atoms with E-state index in [0.29, 0.717) is 41.9 Å². The van der Waals surface area contributed by atoms with Crippen LogP contribution in [0.25, 0.3) is 0 Å². The zero-order valence-corrected chi connectivity index (χ0v) is 21.2. The lowest BCUT2D eigenvalue weighted by molar-refractivity contribution is -0.0618. The molecule has 3 rings (SSSR count).